The van der Waals surface area contributed by atoms with Crippen molar-refractivity contribution in [1.82, 2.24) is 15.5 Å². The Bertz CT molecular complexity index is 577. The average molecular weight is 357 g/mol. The number of rotatable bonds is 7. The molecular formula is C21H31N3O2. The molecule has 2 fully saturated rings. The highest BCUT2D eigenvalue weighted by atomic mass is 16.2. The molecule has 0 aromatic heterocycles. The lowest BCUT2D eigenvalue weighted by Crippen LogP contribution is -2.49. The van der Waals surface area contributed by atoms with Crippen LogP contribution in [0.4, 0.5) is 0 Å². The summed E-state index contributed by atoms with van der Waals surface area (Å²) in [6.07, 6.45) is 9.84. The molecule has 0 heterocycles. The Hall–Kier alpha value is -1.88. The predicted molar refractivity (Wildman–Crippen MR) is 103 cm³/mol. The van der Waals surface area contributed by atoms with Crippen molar-refractivity contribution >= 4 is 11.8 Å². The van der Waals surface area contributed by atoms with E-state index in [4.69, 9.17) is 0 Å². The molecule has 0 saturated heterocycles. The number of hydrogen-bond acceptors (Lipinski definition) is 3. The molecule has 142 valence electrons. The summed E-state index contributed by atoms with van der Waals surface area (Å²) in [6.45, 7) is 0.398. The van der Waals surface area contributed by atoms with Crippen molar-refractivity contribution in [3.63, 3.8) is 0 Å². The summed E-state index contributed by atoms with van der Waals surface area (Å²) >= 11 is 0. The van der Waals surface area contributed by atoms with Crippen LogP contribution in [0.3, 0.4) is 0 Å². The summed E-state index contributed by atoms with van der Waals surface area (Å²) in [5.74, 6) is -0.237. The number of nitrogens with zero attached hydrogens (tertiary/aromatic N) is 1. The molecule has 1 atom stereocenters. The van der Waals surface area contributed by atoms with E-state index in [1.165, 1.54) is 51.4 Å². The van der Waals surface area contributed by atoms with E-state index < -0.39 is 6.04 Å². The number of carbonyl (C=O) groups is 2. The van der Waals surface area contributed by atoms with Crippen LogP contribution in [0.15, 0.2) is 30.3 Å². The Morgan fingerprint density at radius 2 is 1.54 bits per heavy atom. The Morgan fingerprint density at radius 3 is 2.04 bits per heavy atom. The fraction of sp³-hybridized carbons (Fsp3) is 0.619. The van der Waals surface area contributed by atoms with Gasteiger partial charge in [-0.2, -0.15) is 0 Å². The summed E-state index contributed by atoms with van der Waals surface area (Å²) in [5.41, 5.74) is 0.813. The van der Waals surface area contributed by atoms with Crippen LogP contribution >= 0.6 is 0 Å². The Morgan fingerprint density at radius 1 is 1.00 bits per heavy atom. The van der Waals surface area contributed by atoms with E-state index >= 15 is 0 Å². The van der Waals surface area contributed by atoms with E-state index in [1.807, 2.05) is 30.3 Å². The highest BCUT2D eigenvalue weighted by Crippen LogP contribution is 2.31. The fourth-order valence-corrected chi connectivity index (χ4v) is 4.49. The summed E-state index contributed by atoms with van der Waals surface area (Å²) in [4.78, 5) is 27.6. The van der Waals surface area contributed by atoms with Gasteiger partial charge in [0.25, 0.3) is 0 Å². The first-order valence-corrected chi connectivity index (χ1v) is 10.0. The zero-order valence-corrected chi connectivity index (χ0v) is 15.7. The number of likely N-dealkylation sites (N-methyl/N-ethyl adjacent to an activating group) is 1. The summed E-state index contributed by atoms with van der Waals surface area (Å²) < 4.78 is 0. The van der Waals surface area contributed by atoms with Crippen molar-refractivity contribution < 1.29 is 9.59 Å². The van der Waals surface area contributed by atoms with Crippen LogP contribution in [0.5, 0.6) is 0 Å². The van der Waals surface area contributed by atoms with Gasteiger partial charge in [-0.1, -0.05) is 56.0 Å². The monoisotopic (exact) mass is 357 g/mol. The van der Waals surface area contributed by atoms with Gasteiger partial charge in [-0.25, -0.2) is 0 Å². The van der Waals surface area contributed by atoms with Crippen molar-refractivity contribution in [3.8, 4) is 0 Å². The maximum absolute atomic E-state index is 12.8. The Labute approximate surface area is 156 Å². The van der Waals surface area contributed by atoms with E-state index in [-0.39, 0.29) is 11.8 Å². The SMILES string of the molecule is CNC(=O)C(NC(=O)CN(C1CCCC1)C1CCCC1)c1ccccc1. The predicted octanol–water partition coefficient (Wildman–Crippen LogP) is 2.78. The van der Waals surface area contributed by atoms with Crippen LogP contribution in [-0.2, 0) is 9.59 Å². The van der Waals surface area contributed by atoms with Gasteiger partial charge in [0.2, 0.25) is 11.8 Å². The van der Waals surface area contributed by atoms with Gasteiger partial charge in [0, 0.05) is 19.1 Å². The summed E-state index contributed by atoms with van der Waals surface area (Å²) in [7, 11) is 1.60. The van der Waals surface area contributed by atoms with E-state index in [0.29, 0.717) is 18.6 Å². The number of carbonyl (C=O) groups excluding carboxylic acids is 2. The largest absolute Gasteiger partial charge is 0.357 e. The maximum Gasteiger partial charge on any atom is 0.246 e. The molecule has 5 heteroatoms. The van der Waals surface area contributed by atoms with Crippen LogP contribution in [0.25, 0.3) is 0 Å². The number of hydrogen-bond donors (Lipinski definition) is 2. The first-order valence-electron chi connectivity index (χ1n) is 10.0. The first kappa shape index (κ1) is 18.9. The van der Waals surface area contributed by atoms with E-state index in [9.17, 15) is 9.59 Å². The van der Waals surface area contributed by atoms with Crippen molar-refractivity contribution in [3.05, 3.63) is 35.9 Å². The van der Waals surface area contributed by atoms with Gasteiger partial charge in [-0.15, -0.1) is 0 Å². The van der Waals surface area contributed by atoms with Gasteiger partial charge < -0.3 is 10.6 Å². The number of benzene rings is 1. The molecule has 0 aliphatic heterocycles. The lowest BCUT2D eigenvalue weighted by atomic mass is 10.1. The second-order valence-corrected chi connectivity index (χ2v) is 7.57. The normalized spacial score (nSPS) is 19.6. The zero-order chi connectivity index (χ0) is 18.4. The highest BCUT2D eigenvalue weighted by molar-refractivity contribution is 5.89. The minimum absolute atomic E-state index is 0.0544. The van der Waals surface area contributed by atoms with Gasteiger partial charge in [-0.3, -0.25) is 14.5 Å². The molecule has 1 aromatic carbocycles. The van der Waals surface area contributed by atoms with Crippen molar-refractivity contribution in [2.75, 3.05) is 13.6 Å². The molecule has 2 aliphatic carbocycles. The molecular weight excluding hydrogens is 326 g/mol. The van der Waals surface area contributed by atoms with Gasteiger partial charge >= 0.3 is 0 Å². The molecule has 1 unspecified atom stereocenters. The minimum atomic E-state index is -0.636. The second-order valence-electron chi connectivity index (χ2n) is 7.57. The minimum Gasteiger partial charge on any atom is -0.357 e. The van der Waals surface area contributed by atoms with Crippen LogP contribution < -0.4 is 10.6 Å². The van der Waals surface area contributed by atoms with Crippen molar-refractivity contribution in [2.45, 2.75) is 69.5 Å². The van der Waals surface area contributed by atoms with Crippen LogP contribution in [-0.4, -0.2) is 42.4 Å². The fourth-order valence-electron chi connectivity index (χ4n) is 4.49. The zero-order valence-electron chi connectivity index (χ0n) is 15.7. The molecule has 3 rings (SSSR count). The van der Waals surface area contributed by atoms with E-state index in [0.717, 1.165) is 5.56 Å². The molecule has 26 heavy (non-hydrogen) atoms. The Kier molecular flexibility index (Phi) is 6.67. The van der Waals surface area contributed by atoms with Crippen LogP contribution in [0.1, 0.15) is 63.0 Å². The molecule has 2 saturated carbocycles. The quantitative estimate of drug-likeness (QED) is 0.789. The number of nitrogens with one attached hydrogen (secondary N) is 2. The molecule has 2 N–H and O–H groups in total. The summed E-state index contributed by atoms with van der Waals surface area (Å²) in [6, 6.07) is 9.87. The standard InChI is InChI=1S/C21H31N3O2/c1-22-21(26)20(16-9-3-2-4-10-16)23-19(25)15-24(17-11-5-6-12-17)18-13-7-8-14-18/h2-4,9-10,17-18,20H,5-8,11-15H2,1H3,(H,22,26)(H,23,25). The van der Waals surface area contributed by atoms with Crippen molar-refractivity contribution in [1.29, 1.82) is 0 Å². The second kappa shape index (κ2) is 9.17. The van der Waals surface area contributed by atoms with Gasteiger partial charge in [0.1, 0.15) is 6.04 Å². The molecule has 0 radical (unpaired) electrons. The number of amides is 2. The third-order valence-corrected chi connectivity index (χ3v) is 5.86. The van der Waals surface area contributed by atoms with E-state index in [2.05, 4.69) is 15.5 Å². The molecule has 0 bridgehead atoms. The smallest absolute Gasteiger partial charge is 0.246 e. The summed E-state index contributed by atoms with van der Waals surface area (Å²) in [5, 5.41) is 5.63. The molecule has 2 amide bonds. The molecule has 1 aromatic rings. The van der Waals surface area contributed by atoms with E-state index in [1.54, 1.807) is 7.05 Å². The average Bonchev–Trinajstić information content (AvgIpc) is 3.38. The van der Waals surface area contributed by atoms with Gasteiger partial charge in [0.05, 0.1) is 6.54 Å². The third kappa shape index (κ3) is 4.64. The topological polar surface area (TPSA) is 61.4 Å². The van der Waals surface area contributed by atoms with Gasteiger partial charge in [0.15, 0.2) is 0 Å². The first-order chi connectivity index (χ1) is 12.7. The van der Waals surface area contributed by atoms with Crippen molar-refractivity contribution in [2.24, 2.45) is 0 Å². The molecule has 0 spiro atoms. The molecule has 2 aliphatic rings. The maximum atomic E-state index is 12.8. The lowest BCUT2D eigenvalue weighted by molar-refractivity contribution is -0.130. The third-order valence-electron chi connectivity index (χ3n) is 5.86. The van der Waals surface area contributed by atoms with Crippen LogP contribution in [0, 0.1) is 0 Å². The highest BCUT2D eigenvalue weighted by Gasteiger charge is 2.32. The molecule has 5 nitrogen and oxygen atoms in total. The van der Waals surface area contributed by atoms with Crippen LogP contribution in [0.2, 0.25) is 0 Å². The lowest BCUT2D eigenvalue weighted by Gasteiger charge is -2.34. The van der Waals surface area contributed by atoms with Gasteiger partial charge in [-0.05, 0) is 31.2 Å². The Balaban J connectivity index is 1.68.